The Morgan fingerprint density at radius 2 is 1.80 bits per heavy atom. The third-order valence-corrected chi connectivity index (χ3v) is 9.15. The maximum Gasteiger partial charge on any atom is 0.253 e. The lowest BCUT2D eigenvalue weighted by Crippen LogP contribution is -2.57. The zero-order valence-corrected chi connectivity index (χ0v) is 25.9. The smallest absolute Gasteiger partial charge is 0.253 e. The lowest BCUT2D eigenvalue weighted by atomic mass is 9.70. The van der Waals surface area contributed by atoms with Gasteiger partial charge in [-0.3, -0.25) is 14.4 Å². The second-order valence-electron chi connectivity index (χ2n) is 11.9. The molecule has 3 saturated heterocycles. The van der Waals surface area contributed by atoms with Gasteiger partial charge in [-0.25, -0.2) is 0 Å². The maximum atomic E-state index is 14.7. The highest BCUT2D eigenvalue weighted by molar-refractivity contribution is 6.06. The molecule has 0 aromatic heterocycles. The molecule has 2 unspecified atom stereocenters. The summed E-state index contributed by atoms with van der Waals surface area (Å²) in [6.07, 6.45) is 4.20. The number of carbonyl (C=O) groups excluding carboxylic acids is 3. The summed E-state index contributed by atoms with van der Waals surface area (Å²) < 4.78 is 12.3. The van der Waals surface area contributed by atoms with Crippen molar-refractivity contribution in [1.29, 1.82) is 0 Å². The number of carbonyl (C=O) groups is 3. The second kappa shape index (κ2) is 13.0. The third-order valence-electron chi connectivity index (χ3n) is 9.15. The fourth-order valence-corrected chi connectivity index (χ4v) is 7.31. The Balaban J connectivity index is 1.54. The molecule has 2 aromatic rings. The molecule has 234 valence electrons. The van der Waals surface area contributed by atoms with E-state index in [-0.39, 0.29) is 44.0 Å². The van der Waals surface area contributed by atoms with Gasteiger partial charge in [0.25, 0.3) is 5.91 Å². The highest BCUT2D eigenvalue weighted by atomic mass is 16.5. The number of rotatable bonds is 13. The quantitative estimate of drug-likeness (QED) is 0.346. The number of ether oxygens (including phenoxy) is 2. The second-order valence-corrected chi connectivity index (χ2v) is 11.9. The van der Waals surface area contributed by atoms with E-state index in [1.807, 2.05) is 63.2 Å². The first-order valence-corrected chi connectivity index (χ1v) is 15.5. The van der Waals surface area contributed by atoms with Crippen LogP contribution >= 0.6 is 0 Å². The van der Waals surface area contributed by atoms with E-state index in [0.717, 1.165) is 16.8 Å². The molecule has 3 amide bonds. The predicted molar refractivity (Wildman–Crippen MR) is 170 cm³/mol. The molecule has 3 heterocycles. The van der Waals surface area contributed by atoms with Gasteiger partial charge in [0.1, 0.15) is 17.4 Å². The molecule has 9 heteroatoms. The van der Waals surface area contributed by atoms with Crippen molar-refractivity contribution < 1.29 is 29.0 Å². The number of fused-ring (bicyclic) bond motifs is 1. The van der Waals surface area contributed by atoms with Gasteiger partial charge in [-0.05, 0) is 81.5 Å². The molecule has 0 saturated carbocycles. The average molecular weight is 602 g/mol. The first-order chi connectivity index (χ1) is 21.2. The summed E-state index contributed by atoms with van der Waals surface area (Å²) in [4.78, 5) is 48.3. The topological polar surface area (TPSA) is 99.6 Å². The molecule has 0 radical (unpaired) electrons. The van der Waals surface area contributed by atoms with Gasteiger partial charge in [0.05, 0.1) is 24.5 Å². The van der Waals surface area contributed by atoms with Crippen molar-refractivity contribution in [2.45, 2.75) is 57.8 Å². The predicted octanol–water partition coefficient (Wildman–Crippen LogP) is 4.20. The minimum Gasteiger partial charge on any atom is -0.494 e. The van der Waals surface area contributed by atoms with E-state index < -0.39 is 29.6 Å². The number of amides is 3. The Morgan fingerprint density at radius 1 is 1.09 bits per heavy atom. The van der Waals surface area contributed by atoms with Gasteiger partial charge in [0.15, 0.2) is 0 Å². The SMILES string of the molecule is C=CCN(C(=O)[C@@H]1[C@H]2C(=O)N(CCCO)C(C(=O)N(CC=C)c3cc(C)ccc3C)C23CC[C@H]1O3)c1ccc(OCC)cc1. The largest absolute Gasteiger partial charge is 0.494 e. The van der Waals surface area contributed by atoms with Crippen LogP contribution in [0.25, 0.3) is 0 Å². The van der Waals surface area contributed by atoms with Crippen LogP contribution in [0.4, 0.5) is 11.4 Å². The highest BCUT2D eigenvalue weighted by Gasteiger charge is 2.75. The molecule has 2 aromatic carbocycles. The zero-order valence-electron chi connectivity index (χ0n) is 25.9. The first-order valence-electron chi connectivity index (χ1n) is 15.5. The van der Waals surface area contributed by atoms with E-state index >= 15 is 0 Å². The Morgan fingerprint density at radius 3 is 2.45 bits per heavy atom. The monoisotopic (exact) mass is 601 g/mol. The van der Waals surface area contributed by atoms with Gasteiger partial charge in [-0.15, -0.1) is 13.2 Å². The van der Waals surface area contributed by atoms with Gasteiger partial charge >= 0.3 is 0 Å². The van der Waals surface area contributed by atoms with Gasteiger partial charge in [0, 0.05) is 37.6 Å². The van der Waals surface area contributed by atoms with Crippen molar-refractivity contribution in [1.82, 2.24) is 4.90 Å². The van der Waals surface area contributed by atoms with E-state index in [2.05, 4.69) is 13.2 Å². The number of anilines is 2. The summed E-state index contributed by atoms with van der Waals surface area (Å²) in [5.74, 6) is -1.65. The number of likely N-dealkylation sites (tertiary alicyclic amines) is 1. The number of aliphatic hydroxyl groups is 1. The maximum absolute atomic E-state index is 14.7. The van der Waals surface area contributed by atoms with E-state index in [1.54, 1.807) is 26.9 Å². The molecule has 2 bridgehead atoms. The molecular weight excluding hydrogens is 558 g/mol. The van der Waals surface area contributed by atoms with Crippen molar-refractivity contribution in [3.05, 3.63) is 78.9 Å². The lowest BCUT2D eigenvalue weighted by Gasteiger charge is -2.37. The normalized spacial score (nSPS) is 25.1. The fraction of sp³-hybridized carbons (Fsp3) is 0.457. The molecule has 5 atom stereocenters. The standard InChI is InChI=1S/C35H43N3O6/c1-6-18-36(25-12-14-26(15-13-25)43-8-3)32(40)29-28-16-17-35(44-28)30(29)33(41)38(20-9-21-39)31(35)34(42)37(19-7-2)27-22-23(4)10-11-24(27)5/h6-7,10-15,22,28-31,39H,1-2,8-9,16-21H2,3-5H3/t28-,29+,30+,31?,35?/m1/s1. The van der Waals surface area contributed by atoms with E-state index in [4.69, 9.17) is 9.47 Å². The van der Waals surface area contributed by atoms with Crippen molar-refractivity contribution in [2.75, 3.05) is 42.6 Å². The van der Waals surface area contributed by atoms with Gasteiger partial charge in [0.2, 0.25) is 11.8 Å². The number of benzene rings is 2. The molecule has 0 aliphatic carbocycles. The third kappa shape index (κ3) is 5.32. The van der Waals surface area contributed by atoms with Crippen LogP contribution in [-0.2, 0) is 19.1 Å². The molecule has 5 rings (SSSR count). The summed E-state index contributed by atoms with van der Waals surface area (Å²) in [7, 11) is 0. The number of aryl methyl sites for hydroxylation is 2. The van der Waals surface area contributed by atoms with Gasteiger partial charge in [-0.1, -0.05) is 24.3 Å². The Labute approximate surface area is 259 Å². The van der Waals surface area contributed by atoms with Crippen LogP contribution in [0.2, 0.25) is 0 Å². The molecule has 3 aliphatic rings. The Kier molecular flexibility index (Phi) is 9.27. The first kappa shape index (κ1) is 31.5. The summed E-state index contributed by atoms with van der Waals surface area (Å²) in [5.41, 5.74) is 2.19. The van der Waals surface area contributed by atoms with E-state index in [9.17, 15) is 19.5 Å². The summed E-state index contributed by atoms with van der Waals surface area (Å²) in [6.45, 7) is 14.7. The number of aliphatic hydroxyl groups excluding tert-OH is 1. The minimum atomic E-state index is -1.15. The number of hydrogen-bond acceptors (Lipinski definition) is 6. The van der Waals surface area contributed by atoms with Crippen LogP contribution in [0.3, 0.4) is 0 Å². The van der Waals surface area contributed by atoms with E-state index in [1.165, 1.54) is 0 Å². The van der Waals surface area contributed by atoms with Gasteiger partial charge in [-0.2, -0.15) is 0 Å². The summed E-state index contributed by atoms with van der Waals surface area (Å²) >= 11 is 0. The molecule has 1 spiro atoms. The van der Waals surface area contributed by atoms with E-state index in [0.29, 0.717) is 37.3 Å². The number of nitrogens with zero attached hydrogens (tertiary/aromatic N) is 3. The average Bonchev–Trinajstić information content (AvgIpc) is 3.66. The van der Waals surface area contributed by atoms with Crippen LogP contribution in [0, 0.1) is 25.7 Å². The van der Waals surface area contributed by atoms with Crippen molar-refractivity contribution >= 4 is 29.1 Å². The van der Waals surface area contributed by atoms with Crippen LogP contribution in [0.1, 0.15) is 37.3 Å². The summed E-state index contributed by atoms with van der Waals surface area (Å²) in [5, 5.41) is 9.70. The Hall–Kier alpha value is -3.95. The zero-order chi connectivity index (χ0) is 31.6. The molecule has 3 fully saturated rings. The number of hydrogen-bond donors (Lipinski definition) is 1. The molecule has 9 nitrogen and oxygen atoms in total. The molecular formula is C35H43N3O6. The highest BCUT2D eigenvalue weighted by Crippen LogP contribution is 2.59. The van der Waals surface area contributed by atoms with Crippen LogP contribution in [-0.4, -0.2) is 78.3 Å². The molecule has 44 heavy (non-hydrogen) atoms. The van der Waals surface area contributed by atoms with Crippen LogP contribution < -0.4 is 14.5 Å². The van der Waals surface area contributed by atoms with Crippen LogP contribution in [0.15, 0.2) is 67.8 Å². The molecule has 3 aliphatic heterocycles. The Bertz CT molecular complexity index is 1420. The summed E-state index contributed by atoms with van der Waals surface area (Å²) in [6, 6.07) is 12.3. The van der Waals surface area contributed by atoms with Gasteiger partial charge < -0.3 is 29.3 Å². The fourth-order valence-electron chi connectivity index (χ4n) is 7.31. The van der Waals surface area contributed by atoms with Crippen molar-refractivity contribution in [3.63, 3.8) is 0 Å². The molecule has 1 N–H and O–H groups in total. The lowest BCUT2D eigenvalue weighted by molar-refractivity contribution is -0.141. The minimum absolute atomic E-state index is 0.133. The van der Waals surface area contributed by atoms with Crippen LogP contribution in [0.5, 0.6) is 5.75 Å². The van der Waals surface area contributed by atoms with Crippen molar-refractivity contribution in [3.8, 4) is 5.75 Å². The van der Waals surface area contributed by atoms with Crippen molar-refractivity contribution in [2.24, 2.45) is 11.8 Å².